The Morgan fingerprint density at radius 3 is 2.53 bits per heavy atom. The van der Waals surface area contributed by atoms with Crippen molar-refractivity contribution in [3.05, 3.63) is 0 Å². The summed E-state index contributed by atoms with van der Waals surface area (Å²) in [5, 5.41) is 6.90. The van der Waals surface area contributed by atoms with Gasteiger partial charge in [0, 0.05) is 19.6 Å². The minimum atomic E-state index is 0.905. The SMILES string of the molecule is CN1CCC(CCNCC2CNC2)CC1. The predicted molar refractivity (Wildman–Crippen MR) is 64.1 cm³/mol. The Morgan fingerprint density at radius 1 is 1.20 bits per heavy atom. The lowest BCUT2D eigenvalue weighted by molar-refractivity contribution is 0.210. The van der Waals surface area contributed by atoms with Gasteiger partial charge in [-0.05, 0) is 57.8 Å². The summed E-state index contributed by atoms with van der Waals surface area (Å²) < 4.78 is 0. The van der Waals surface area contributed by atoms with Crippen LogP contribution in [0.2, 0.25) is 0 Å². The van der Waals surface area contributed by atoms with E-state index in [1.165, 1.54) is 58.5 Å². The standard InChI is InChI=1S/C12H25N3/c1-15-6-3-11(4-7-15)2-5-13-8-12-9-14-10-12/h11-14H,2-10H2,1H3. The topological polar surface area (TPSA) is 27.3 Å². The Kier molecular flexibility index (Phi) is 4.42. The first-order chi connectivity index (χ1) is 7.34. The summed E-state index contributed by atoms with van der Waals surface area (Å²) in [6.45, 7) is 7.50. The van der Waals surface area contributed by atoms with Gasteiger partial charge < -0.3 is 15.5 Å². The normalized spacial score (nSPS) is 25.4. The van der Waals surface area contributed by atoms with Crippen molar-refractivity contribution in [2.75, 3.05) is 46.3 Å². The average Bonchev–Trinajstić information content (AvgIpc) is 2.18. The molecule has 3 nitrogen and oxygen atoms in total. The lowest BCUT2D eigenvalue weighted by Crippen LogP contribution is -2.47. The van der Waals surface area contributed by atoms with Crippen LogP contribution in [0, 0.1) is 11.8 Å². The molecule has 3 heteroatoms. The molecule has 0 radical (unpaired) electrons. The third-order valence-electron chi connectivity index (χ3n) is 3.87. The molecule has 15 heavy (non-hydrogen) atoms. The monoisotopic (exact) mass is 211 g/mol. The van der Waals surface area contributed by atoms with Gasteiger partial charge in [-0.15, -0.1) is 0 Å². The van der Waals surface area contributed by atoms with Crippen molar-refractivity contribution in [1.82, 2.24) is 15.5 Å². The highest BCUT2D eigenvalue weighted by Crippen LogP contribution is 2.18. The largest absolute Gasteiger partial charge is 0.316 e. The van der Waals surface area contributed by atoms with Gasteiger partial charge in [0.15, 0.2) is 0 Å². The van der Waals surface area contributed by atoms with Crippen LogP contribution in [0.25, 0.3) is 0 Å². The molecule has 2 aliphatic heterocycles. The van der Waals surface area contributed by atoms with E-state index in [4.69, 9.17) is 0 Å². The second-order valence-corrected chi connectivity index (χ2v) is 5.26. The number of rotatable bonds is 5. The lowest BCUT2D eigenvalue weighted by Gasteiger charge is -2.30. The summed E-state index contributed by atoms with van der Waals surface area (Å²) in [7, 11) is 2.23. The first-order valence-electron chi connectivity index (χ1n) is 6.44. The molecule has 88 valence electrons. The first kappa shape index (κ1) is 11.4. The Labute approximate surface area is 93.6 Å². The molecule has 2 rings (SSSR count). The van der Waals surface area contributed by atoms with E-state index in [2.05, 4.69) is 22.6 Å². The minimum absolute atomic E-state index is 0.905. The van der Waals surface area contributed by atoms with Crippen LogP contribution in [0.15, 0.2) is 0 Å². The van der Waals surface area contributed by atoms with Gasteiger partial charge in [-0.2, -0.15) is 0 Å². The molecule has 0 aromatic heterocycles. The molecular weight excluding hydrogens is 186 g/mol. The van der Waals surface area contributed by atoms with Crippen molar-refractivity contribution < 1.29 is 0 Å². The molecule has 0 saturated carbocycles. The van der Waals surface area contributed by atoms with E-state index in [1.807, 2.05) is 0 Å². The number of hydrogen-bond donors (Lipinski definition) is 2. The van der Waals surface area contributed by atoms with Gasteiger partial charge >= 0.3 is 0 Å². The molecule has 2 fully saturated rings. The smallest absolute Gasteiger partial charge is 0.000394 e. The van der Waals surface area contributed by atoms with Gasteiger partial charge in [-0.25, -0.2) is 0 Å². The van der Waals surface area contributed by atoms with Crippen molar-refractivity contribution in [3.63, 3.8) is 0 Å². The quantitative estimate of drug-likeness (QED) is 0.650. The van der Waals surface area contributed by atoms with Crippen LogP contribution in [0.4, 0.5) is 0 Å². The van der Waals surface area contributed by atoms with Gasteiger partial charge in [-0.3, -0.25) is 0 Å². The number of likely N-dealkylation sites (tertiary alicyclic amines) is 1. The molecule has 2 N–H and O–H groups in total. The molecule has 0 amide bonds. The highest BCUT2D eigenvalue weighted by Gasteiger charge is 2.17. The van der Waals surface area contributed by atoms with Gasteiger partial charge in [0.2, 0.25) is 0 Å². The molecule has 0 aromatic carbocycles. The number of nitrogens with zero attached hydrogens (tertiary/aromatic N) is 1. The van der Waals surface area contributed by atoms with Gasteiger partial charge in [0.25, 0.3) is 0 Å². The van der Waals surface area contributed by atoms with Crippen LogP contribution in [-0.2, 0) is 0 Å². The summed E-state index contributed by atoms with van der Waals surface area (Å²) in [5.41, 5.74) is 0. The third-order valence-corrected chi connectivity index (χ3v) is 3.87. The van der Waals surface area contributed by atoms with Gasteiger partial charge in [0.05, 0.1) is 0 Å². The highest BCUT2D eigenvalue weighted by atomic mass is 15.1. The van der Waals surface area contributed by atoms with Crippen molar-refractivity contribution >= 4 is 0 Å². The summed E-state index contributed by atoms with van der Waals surface area (Å²) in [6, 6.07) is 0. The summed E-state index contributed by atoms with van der Waals surface area (Å²) in [4.78, 5) is 2.45. The Hall–Kier alpha value is -0.120. The zero-order valence-electron chi connectivity index (χ0n) is 9.97. The second kappa shape index (κ2) is 5.83. The van der Waals surface area contributed by atoms with E-state index >= 15 is 0 Å². The number of piperidine rings is 1. The van der Waals surface area contributed by atoms with Gasteiger partial charge in [-0.1, -0.05) is 0 Å². The van der Waals surface area contributed by atoms with Crippen LogP contribution in [0.5, 0.6) is 0 Å². The maximum absolute atomic E-state index is 3.59. The average molecular weight is 211 g/mol. The zero-order chi connectivity index (χ0) is 10.5. The van der Waals surface area contributed by atoms with Crippen LogP contribution in [0.1, 0.15) is 19.3 Å². The summed E-state index contributed by atoms with van der Waals surface area (Å²) in [6.07, 6.45) is 4.19. The third kappa shape index (κ3) is 3.74. The van der Waals surface area contributed by atoms with Crippen molar-refractivity contribution in [3.8, 4) is 0 Å². The molecule has 0 spiro atoms. The molecule has 0 bridgehead atoms. The number of nitrogens with one attached hydrogen (secondary N) is 2. The van der Waals surface area contributed by atoms with Crippen molar-refractivity contribution in [2.45, 2.75) is 19.3 Å². The Balaban J connectivity index is 1.46. The Bertz CT molecular complexity index is 172. The maximum atomic E-state index is 3.59. The first-order valence-corrected chi connectivity index (χ1v) is 6.44. The summed E-state index contributed by atoms with van der Waals surface area (Å²) in [5.74, 6) is 1.88. The maximum Gasteiger partial charge on any atom is 0.000394 e. The van der Waals surface area contributed by atoms with Crippen LogP contribution in [0.3, 0.4) is 0 Å². The minimum Gasteiger partial charge on any atom is -0.316 e. The molecule has 0 atom stereocenters. The molecule has 2 aliphatic rings. The van der Waals surface area contributed by atoms with E-state index in [0.717, 1.165) is 11.8 Å². The fourth-order valence-corrected chi connectivity index (χ4v) is 2.46. The van der Waals surface area contributed by atoms with E-state index in [-0.39, 0.29) is 0 Å². The fourth-order valence-electron chi connectivity index (χ4n) is 2.46. The van der Waals surface area contributed by atoms with E-state index in [1.54, 1.807) is 0 Å². The highest BCUT2D eigenvalue weighted by molar-refractivity contribution is 4.77. The Morgan fingerprint density at radius 2 is 1.93 bits per heavy atom. The van der Waals surface area contributed by atoms with Gasteiger partial charge in [0.1, 0.15) is 0 Å². The van der Waals surface area contributed by atoms with Crippen LogP contribution in [-0.4, -0.2) is 51.2 Å². The van der Waals surface area contributed by atoms with Crippen molar-refractivity contribution in [2.24, 2.45) is 11.8 Å². The molecule has 0 aromatic rings. The number of hydrogen-bond acceptors (Lipinski definition) is 3. The van der Waals surface area contributed by atoms with E-state index in [9.17, 15) is 0 Å². The second-order valence-electron chi connectivity index (χ2n) is 5.26. The van der Waals surface area contributed by atoms with Crippen molar-refractivity contribution in [1.29, 1.82) is 0 Å². The fraction of sp³-hybridized carbons (Fsp3) is 1.00. The predicted octanol–water partition coefficient (Wildman–Crippen LogP) is 0.527. The van der Waals surface area contributed by atoms with E-state index < -0.39 is 0 Å². The molecule has 0 aliphatic carbocycles. The molecular formula is C12H25N3. The van der Waals surface area contributed by atoms with Crippen LogP contribution < -0.4 is 10.6 Å². The molecule has 0 unspecified atom stereocenters. The summed E-state index contributed by atoms with van der Waals surface area (Å²) >= 11 is 0. The molecule has 2 heterocycles. The lowest BCUT2D eigenvalue weighted by atomic mass is 9.94. The molecule has 2 saturated heterocycles. The zero-order valence-corrected chi connectivity index (χ0v) is 9.97. The van der Waals surface area contributed by atoms with Crippen LogP contribution >= 0.6 is 0 Å². The van der Waals surface area contributed by atoms with E-state index in [0.29, 0.717) is 0 Å².